The van der Waals surface area contributed by atoms with Gasteiger partial charge in [-0.1, -0.05) is 42.5 Å². The van der Waals surface area contributed by atoms with Crippen LogP contribution in [0.2, 0.25) is 0 Å². The van der Waals surface area contributed by atoms with Crippen molar-refractivity contribution in [3.05, 3.63) is 71.6 Å². The molecule has 0 aliphatic carbocycles. The van der Waals surface area contributed by atoms with Gasteiger partial charge in [0, 0.05) is 11.9 Å². The van der Waals surface area contributed by atoms with Gasteiger partial charge in [-0.3, -0.25) is 0 Å². The first kappa shape index (κ1) is 17.3. The molecule has 0 bridgehead atoms. The highest BCUT2D eigenvalue weighted by molar-refractivity contribution is 5.24. The van der Waals surface area contributed by atoms with Gasteiger partial charge in [-0.2, -0.15) is 0 Å². The van der Waals surface area contributed by atoms with E-state index >= 15 is 0 Å². The van der Waals surface area contributed by atoms with Crippen LogP contribution in [0.25, 0.3) is 0 Å². The van der Waals surface area contributed by atoms with Gasteiger partial charge >= 0.3 is 0 Å². The van der Waals surface area contributed by atoms with E-state index in [9.17, 15) is 0 Å². The number of nitrogens with two attached hydrogens (primary N) is 1. The number of allylic oxidation sites excluding steroid dienone is 2. The van der Waals surface area contributed by atoms with Gasteiger partial charge in [-0.15, -0.1) is 0 Å². The number of aryl methyl sites for hydroxylation is 2. The molecule has 1 aromatic heterocycles. The van der Waals surface area contributed by atoms with Gasteiger partial charge in [0.15, 0.2) is 0 Å². The zero-order valence-electron chi connectivity index (χ0n) is 13.7. The summed E-state index contributed by atoms with van der Waals surface area (Å²) in [6.45, 7) is 8.99. The van der Waals surface area contributed by atoms with E-state index < -0.39 is 0 Å². The van der Waals surface area contributed by atoms with Crippen molar-refractivity contribution in [1.82, 2.24) is 4.57 Å². The fraction of sp³-hybridized carbons (Fsp3) is 0.368. The largest absolute Gasteiger partial charge is 0.344 e. The Morgan fingerprint density at radius 2 is 1.71 bits per heavy atom. The maximum Gasteiger partial charge on any atom is 0.0594 e. The van der Waals surface area contributed by atoms with Crippen molar-refractivity contribution in [3.63, 3.8) is 0 Å². The molecule has 1 unspecified atom stereocenters. The van der Waals surface area contributed by atoms with E-state index in [1.807, 2.05) is 26.0 Å². The predicted octanol–water partition coefficient (Wildman–Crippen LogP) is 4.63. The van der Waals surface area contributed by atoms with Gasteiger partial charge in [-0.05, 0) is 57.9 Å². The van der Waals surface area contributed by atoms with Gasteiger partial charge in [0.25, 0.3) is 0 Å². The highest BCUT2D eigenvalue weighted by atomic mass is 15.0. The average molecular weight is 284 g/mol. The molecule has 2 nitrogen and oxygen atoms in total. The fourth-order valence-electron chi connectivity index (χ4n) is 2.40. The minimum absolute atomic E-state index is 0.356. The standard InChI is InChI=1S/C15H20N2.C4H8/c1-12-10-13(2)17(11-12)15(8-9-16)14-6-4-3-5-7-14;1-3-4-2/h3-7,10-11,15H,8-9,16H2,1-2H3;3-4H,1-2H3/b;4-3-. The van der Waals surface area contributed by atoms with E-state index in [0.29, 0.717) is 12.6 Å². The number of hydrogen-bond donors (Lipinski definition) is 1. The highest BCUT2D eigenvalue weighted by Crippen LogP contribution is 2.24. The van der Waals surface area contributed by atoms with E-state index in [0.717, 1.165) is 6.42 Å². The number of nitrogens with zero attached hydrogens (tertiary/aromatic N) is 1. The second-order valence-corrected chi connectivity index (χ2v) is 5.24. The quantitative estimate of drug-likeness (QED) is 0.816. The highest BCUT2D eigenvalue weighted by Gasteiger charge is 2.14. The van der Waals surface area contributed by atoms with Crippen molar-refractivity contribution in [2.24, 2.45) is 5.73 Å². The summed E-state index contributed by atoms with van der Waals surface area (Å²) in [4.78, 5) is 0. The van der Waals surface area contributed by atoms with Crippen LogP contribution in [-0.4, -0.2) is 11.1 Å². The Balaban J connectivity index is 0.000000491. The molecule has 2 aromatic rings. The summed E-state index contributed by atoms with van der Waals surface area (Å²) < 4.78 is 2.33. The molecule has 0 radical (unpaired) electrons. The van der Waals surface area contributed by atoms with Gasteiger partial charge in [0.2, 0.25) is 0 Å². The van der Waals surface area contributed by atoms with Crippen LogP contribution < -0.4 is 5.73 Å². The molecule has 0 aliphatic rings. The minimum Gasteiger partial charge on any atom is -0.344 e. The Bertz CT molecular complexity index is 534. The van der Waals surface area contributed by atoms with E-state index in [4.69, 9.17) is 5.73 Å². The van der Waals surface area contributed by atoms with Crippen molar-refractivity contribution in [2.45, 2.75) is 40.2 Å². The predicted molar refractivity (Wildman–Crippen MR) is 92.6 cm³/mol. The summed E-state index contributed by atoms with van der Waals surface area (Å²) in [5.74, 6) is 0. The Morgan fingerprint density at radius 3 is 2.14 bits per heavy atom. The summed E-state index contributed by atoms with van der Waals surface area (Å²) in [5, 5.41) is 0. The second-order valence-electron chi connectivity index (χ2n) is 5.24. The number of rotatable bonds is 4. The molecule has 2 heteroatoms. The zero-order chi connectivity index (χ0) is 15.7. The average Bonchev–Trinajstić information content (AvgIpc) is 2.84. The molecule has 0 spiro atoms. The van der Waals surface area contributed by atoms with Crippen LogP contribution in [0.15, 0.2) is 54.7 Å². The van der Waals surface area contributed by atoms with E-state index in [1.54, 1.807) is 0 Å². The maximum atomic E-state index is 5.75. The van der Waals surface area contributed by atoms with Gasteiger partial charge in [0.05, 0.1) is 6.04 Å². The topological polar surface area (TPSA) is 30.9 Å². The van der Waals surface area contributed by atoms with E-state index in [1.165, 1.54) is 16.8 Å². The molecule has 2 N–H and O–H groups in total. The van der Waals surface area contributed by atoms with Crippen LogP contribution in [0.5, 0.6) is 0 Å². The summed E-state index contributed by atoms with van der Waals surface area (Å²) >= 11 is 0. The molecule has 0 aliphatic heterocycles. The van der Waals surface area contributed by atoms with Crippen LogP contribution >= 0.6 is 0 Å². The molecular formula is C19H28N2. The van der Waals surface area contributed by atoms with E-state index in [-0.39, 0.29) is 0 Å². The first-order chi connectivity index (χ1) is 10.1. The van der Waals surface area contributed by atoms with Gasteiger partial charge in [-0.25, -0.2) is 0 Å². The molecule has 1 atom stereocenters. The van der Waals surface area contributed by atoms with Crippen LogP contribution in [-0.2, 0) is 0 Å². The van der Waals surface area contributed by atoms with Gasteiger partial charge in [0.1, 0.15) is 0 Å². The molecule has 0 saturated carbocycles. The van der Waals surface area contributed by atoms with Gasteiger partial charge < -0.3 is 10.3 Å². The Labute approximate surface area is 129 Å². The monoisotopic (exact) mass is 284 g/mol. The summed E-state index contributed by atoms with van der Waals surface area (Å²) in [5.41, 5.74) is 9.68. The SMILES string of the molecule is C/C=C\C.Cc1cc(C)n(C(CCN)c2ccccc2)c1. The molecule has 21 heavy (non-hydrogen) atoms. The van der Waals surface area contributed by atoms with Crippen molar-refractivity contribution in [3.8, 4) is 0 Å². The van der Waals surface area contributed by atoms with E-state index in [2.05, 4.69) is 61.0 Å². The number of aromatic nitrogens is 1. The van der Waals surface area contributed by atoms with Crippen LogP contribution in [0, 0.1) is 13.8 Å². The number of hydrogen-bond acceptors (Lipinski definition) is 1. The summed E-state index contributed by atoms with van der Waals surface area (Å²) in [7, 11) is 0. The third-order valence-electron chi connectivity index (χ3n) is 3.48. The fourth-order valence-corrected chi connectivity index (χ4v) is 2.40. The van der Waals surface area contributed by atoms with Crippen LogP contribution in [0.4, 0.5) is 0 Å². The molecule has 114 valence electrons. The Morgan fingerprint density at radius 1 is 1.10 bits per heavy atom. The normalized spacial score (nSPS) is 12.0. The molecule has 2 rings (SSSR count). The molecule has 0 saturated heterocycles. The summed E-state index contributed by atoms with van der Waals surface area (Å²) in [6.07, 6.45) is 7.18. The van der Waals surface area contributed by atoms with Crippen molar-refractivity contribution in [1.29, 1.82) is 0 Å². The lowest BCUT2D eigenvalue weighted by molar-refractivity contribution is 0.539. The molecular weight excluding hydrogens is 256 g/mol. The Hall–Kier alpha value is -1.80. The van der Waals surface area contributed by atoms with Crippen molar-refractivity contribution in [2.75, 3.05) is 6.54 Å². The lowest BCUT2D eigenvalue weighted by Gasteiger charge is -2.20. The summed E-state index contributed by atoms with van der Waals surface area (Å²) in [6, 6.07) is 13.2. The molecule has 0 amide bonds. The number of benzene rings is 1. The molecule has 1 heterocycles. The first-order valence-corrected chi connectivity index (χ1v) is 7.61. The maximum absolute atomic E-state index is 5.75. The van der Waals surface area contributed by atoms with Crippen LogP contribution in [0.3, 0.4) is 0 Å². The molecule has 1 aromatic carbocycles. The van der Waals surface area contributed by atoms with Crippen LogP contribution in [0.1, 0.15) is 43.1 Å². The Kier molecular flexibility index (Phi) is 7.55. The lowest BCUT2D eigenvalue weighted by atomic mass is 10.0. The molecule has 0 fully saturated rings. The zero-order valence-corrected chi connectivity index (χ0v) is 13.7. The third kappa shape index (κ3) is 5.24. The second kappa shape index (κ2) is 9.19. The third-order valence-corrected chi connectivity index (χ3v) is 3.48. The van der Waals surface area contributed by atoms with Crippen molar-refractivity contribution >= 4 is 0 Å². The minimum atomic E-state index is 0.356. The van der Waals surface area contributed by atoms with Crippen molar-refractivity contribution < 1.29 is 0 Å². The lowest BCUT2D eigenvalue weighted by Crippen LogP contribution is -2.15. The first-order valence-electron chi connectivity index (χ1n) is 7.61. The smallest absolute Gasteiger partial charge is 0.0594 e.